The number of rotatable bonds is 6. The lowest BCUT2D eigenvalue weighted by molar-refractivity contribution is 0.558. The van der Waals surface area contributed by atoms with Crippen molar-refractivity contribution < 1.29 is 0 Å². The van der Waals surface area contributed by atoms with Crippen LogP contribution >= 0.6 is 0 Å². The number of aromatic nitrogens is 1. The highest BCUT2D eigenvalue weighted by Gasteiger charge is 2.09. The first kappa shape index (κ1) is 16.0. The lowest BCUT2D eigenvalue weighted by Gasteiger charge is -2.12. The van der Waals surface area contributed by atoms with Crippen LogP contribution in [0.1, 0.15) is 26.0 Å². The molecule has 0 spiro atoms. The number of anilines is 1. The summed E-state index contributed by atoms with van der Waals surface area (Å²) in [6, 6.07) is 8.42. The van der Waals surface area contributed by atoms with Crippen molar-refractivity contribution in [3.8, 4) is 0 Å². The van der Waals surface area contributed by atoms with Crippen molar-refractivity contribution in [1.82, 2.24) is 9.88 Å². The second kappa shape index (κ2) is 6.56. The zero-order valence-corrected chi connectivity index (χ0v) is 14.0. The summed E-state index contributed by atoms with van der Waals surface area (Å²) in [6.07, 6.45) is 3.08. The second-order valence-corrected chi connectivity index (χ2v) is 5.84. The van der Waals surface area contributed by atoms with Crippen LogP contribution in [0.25, 0.3) is 16.5 Å². The quantitative estimate of drug-likeness (QED) is 0.736. The molecule has 3 heteroatoms. The van der Waals surface area contributed by atoms with E-state index in [-0.39, 0.29) is 0 Å². The Labute approximate surface area is 133 Å². The van der Waals surface area contributed by atoms with E-state index in [1.54, 1.807) is 0 Å². The number of allylic oxidation sites excluding steroid dienone is 3. The van der Waals surface area contributed by atoms with Crippen LogP contribution in [0.3, 0.4) is 0 Å². The first-order chi connectivity index (χ1) is 10.4. The molecule has 1 aromatic carbocycles. The Morgan fingerprint density at radius 2 is 2.00 bits per heavy atom. The van der Waals surface area contributed by atoms with Gasteiger partial charge >= 0.3 is 0 Å². The number of nitrogens with one attached hydrogen (secondary N) is 2. The molecular weight excluding hydrogens is 270 g/mol. The van der Waals surface area contributed by atoms with Crippen molar-refractivity contribution in [3.63, 3.8) is 0 Å². The predicted molar refractivity (Wildman–Crippen MR) is 97.8 cm³/mol. The molecule has 1 aromatic heterocycles. The molecule has 116 valence electrons. The molecule has 0 aliphatic carbocycles. The van der Waals surface area contributed by atoms with Gasteiger partial charge in [0.2, 0.25) is 0 Å². The molecule has 0 radical (unpaired) electrons. The summed E-state index contributed by atoms with van der Waals surface area (Å²) in [7, 11) is 4.06. The van der Waals surface area contributed by atoms with Crippen LogP contribution in [0.15, 0.2) is 54.9 Å². The van der Waals surface area contributed by atoms with Gasteiger partial charge in [0, 0.05) is 48.3 Å². The Morgan fingerprint density at radius 1 is 1.27 bits per heavy atom. The van der Waals surface area contributed by atoms with Crippen molar-refractivity contribution in [1.29, 1.82) is 0 Å². The van der Waals surface area contributed by atoms with Crippen LogP contribution in [0, 0.1) is 0 Å². The monoisotopic (exact) mass is 295 g/mol. The molecule has 0 saturated carbocycles. The molecule has 0 amide bonds. The fourth-order valence-electron chi connectivity index (χ4n) is 2.48. The van der Waals surface area contributed by atoms with Gasteiger partial charge in [-0.1, -0.05) is 26.1 Å². The van der Waals surface area contributed by atoms with Crippen LogP contribution in [-0.2, 0) is 0 Å². The van der Waals surface area contributed by atoms with Crippen molar-refractivity contribution in [2.24, 2.45) is 0 Å². The molecule has 2 N–H and O–H groups in total. The van der Waals surface area contributed by atoms with E-state index in [4.69, 9.17) is 0 Å². The highest BCUT2D eigenvalue weighted by atomic mass is 15.0. The van der Waals surface area contributed by atoms with Gasteiger partial charge in [0.15, 0.2) is 0 Å². The van der Waals surface area contributed by atoms with Gasteiger partial charge in [-0.3, -0.25) is 0 Å². The minimum absolute atomic E-state index is 0.928. The van der Waals surface area contributed by atoms with Gasteiger partial charge < -0.3 is 15.2 Å². The number of hydrogen-bond acceptors (Lipinski definition) is 2. The minimum Gasteiger partial charge on any atom is -0.383 e. The molecule has 0 bridgehead atoms. The molecule has 0 aliphatic rings. The third-order valence-corrected chi connectivity index (χ3v) is 3.49. The number of H-pyrrole nitrogens is 1. The van der Waals surface area contributed by atoms with Crippen LogP contribution in [0.5, 0.6) is 0 Å². The lowest BCUT2D eigenvalue weighted by atomic mass is 10.0. The highest BCUT2D eigenvalue weighted by Crippen LogP contribution is 2.28. The van der Waals surface area contributed by atoms with E-state index in [0.717, 1.165) is 34.6 Å². The topological polar surface area (TPSA) is 31.1 Å². The molecule has 1 heterocycles. The zero-order valence-electron chi connectivity index (χ0n) is 14.0. The maximum Gasteiger partial charge on any atom is 0.0479 e. The first-order valence-corrected chi connectivity index (χ1v) is 7.52. The largest absolute Gasteiger partial charge is 0.383 e. The Balaban J connectivity index is 2.36. The van der Waals surface area contributed by atoms with Gasteiger partial charge in [-0.25, -0.2) is 0 Å². The van der Waals surface area contributed by atoms with E-state index in [2.05, 4.69) is 65.7 Å². The van der Waals surface area contributed by atoms with Crippen LogP contribution in [0.2, 0.25) is 0 Å². The summed E-state index contributed by atoms with van der Waals surface area (Å²) in [4.78, 5) is 5.53. The van der Waals surface area contributed by atoms with Crippen LogP contribution < -0.4 is 5.32 Å². The number of benzene rings is 1. The van der Waals surface area contributed by atoms with Crippen molar-refractivity contribution in [2.45, 2.75) is 20.3 Å². The molecule has 0 atom stereocenters. The van der Waals surface area contributed by atoms with Crippen molar-refractivity contribution in [3.05, 3.63) is 60.6 Å². The maximum absolute atomic E-state index is 4.26. The third-order valence-electron chi connectivity index (χ3n) is 3.49. The van der Waals surface area contributed by atoms with Gasteiger partial charge in [-0.05, 0) is 42.7 Å². The summed E-state index contributed by atoms with van der Waals surface area (Å²) in [6.45, 7) is 12.2. The molecule has 22 heavy (non-hydrogen) atoms. The maximum atomic E-state index is 4.26. The number of hydrogen-bond donors (Lipinski definition) is 2. The number of nitrogens with zero attached hydrogens (tertiary/aromatic N) is 1. The highest BCUT2D eigenvalue weighted by molar-refractivity contribution is 5.89. The summed E-state index contributed by atoms with van der Waals surface area (Å²) in [5.74, 6) is 0. The van der Waals surface area contributed by atoms with E-state index in [9.17, 15) is 0 Å². The second-order valence-electron chi connectivity index (χ2n) is 5.84. The van der Waals surface area contributed by atoms with E-state index in [0.29, 0.717) is 0 Å². The van der Waals surface area contributed by atoms with Crippen molar-refractivity contribution >= 4 is 22.2 Å². The Kier molecular flexibility index (Phi) is 4.76. The molecule has 3 nitrogen and oxygen atoms in total. The summed E-state index contributed by atoms with van der Waals surface area (Å²) in [5.41, 5.74) is 6.41. The van der Waals surface area contributed by atoms with Gasteiger partial charge in [0.05, 0.1) is 0 Å². The molecule has 0 fully saturated rings. The smallest absolute Gasteiger partial charge is 0.0479 e. The van der Waals surface area contributed by atoms with E-state index >= 15 is 0 Å². The van der Waals surface area contributed by atoms with E-state index in [1.807, 2.05) is 21.0 Å². The lowest BCUT2D eigenvalue weighted by Crippen LogP contribution is -2.03. The molecule has 0 aliphatic heterocycles. The number of aromatic amines is 1. The van der Waals surface area contributed by atoms with Gasteiger partial charge in [0.1, 0.15) is 0 Å². The molecule has 2 aromatic rings. The van der Waals surface area contributed by atoms with Gasteiger partial charge in [-0.2, -0.15) is 0 Å². The average molecular weight is 295 g/mol. The van der Waals surface area contributed by atoms with Crippen LogP contribution in [-0.4, -0.2) is 24.0 Å². The van der Waals surface area contributed by atoms with Crippen LogP contribution in [0.4, 0.5) is 5.69 Å². The third kappa shape index (κ3) is 3.61. The molecule has 2 rings (SSSR count). The molecule has 0 saturated heterocycles. The van der Waals surface area contributed by atoms with Crippen molar-refractivity contribution in [2.75, 3.05) is 19.4 Å². The fourth-order valence-corrected chi connectivity index (χ4v) is 2.48. The first-order valence-electron chi connectivity index (χ1n) is 7.52. The van der Waals surface area contributed by atoms with Gasteiger partial charge in [-0.15, -0.1) is 0 Å². The van der Waals surface area contributed by atoms with Gasteiger partial charge in [0.25, 0.3) is 0 Å². The van der Waals surface area contributed by atoms with E-state index in [1.165, 1.54) is 11.0 Å². The fraction of sp³-hybridized carbons (Fsp3) is 0.263. The summed E-state index contributed by atoms with van der Waals surface area (Å²) in [5, 5.41) is 4.42. The predicted octanol–water partition coefficient (Wildman–Crippen LogP) is 4.98. The SMILES string of the molecule is C=C(C)Nc1ccc2cc(C(=C)/C(=C/N(C)C)CC)[nH]c2c1. The molecular formula is C19H25N3. The normalized spacial score (nSPS) is 11.5. The standard InChI is InChI=1S/C19H25N3/c1-7-15(12-22(5)6)14(4)18-10-16-8-9-17(20-13(2)3)11-19(16)21-18/h8-12,20-21H,2,4,7H2,1,3,5-6H3/b15-12+. The Hall–Kier alpha value is -2.42. The Morgan fingerprint density at radius 3 is 2.59 bits per heavy atom. The van der Waals surface area contributed by atoms with E-state index < -0.39 is 0 Å². The molecule has 0 unspecified atom stereocenters. The zero-order chi connectivity index (χ0) is 16.3. The Bertz CT molecular complexity index is 732. The minimum atomic E-state index is 0.928. The average Bonchev–Trinajstić information content (AvgIpc) is 2.86. The number of fused-ring (bicyclic) bond motifs is 1. The summed E-state index contributed by atoms with van der Waals surface area (Å²) < 4.78 is 0. The summed E-state index contributed by atoms with van der Waals surface area (Å²) >= 11 is 0.